The molecule has 0 N–H and O–H groups in total. The van der Waals surface area contributed by atoms with E-state index in [4.69, 9.17) is 0 Å². The van der Waals surface area contributed by atoms with Crippen molar-refractivity contribution in [3.63, 3.8) is 0 Å². The van der Waals surface area contributed by atoms with E-state index in [0.29, 0.717) is 5.69 Å². The topological polar surface area (TPSA) is 51.5 Å². The first-order chi connectivity index (χ1) is 6.81. The Labute approximate surface area is 81.6 Å². The van der Waals surface area contributed by atoms with Crippen molar-refractivity contribution in [1.82, 2.24) is 4.98 Å². The lowest BCUT2D eigenvalue weighted by molar-refractivity contribution is 0.0594. The van der Waals surface area contributed by atoms with Crippen molar-refractivity contribution in [3.8, 4) is 0 Å². The van der Waals surface area contributed by atoms with Crippen LogP contribution in [0.2, 0.25) is 0 Å². The van der Waals surface area contributed by atoms with Gasteiger partial charge in [-0.1, -0.05) is 0 Å². The summed E-state index contributed by atoms with van der Waals surface area (Å²) in [7, 11) is 1.34. The van der Waals surface area contributed by atoms with Gasteiger partial charge in [0.25, 0.3) is 0 Å². The lowest BCUT2D eigenvalue weighted by Gasteiger charge is -2.09. The molecule has 72 valence electrons. The van der Waals surface area contributed by atoms with E-state index in [2.05, 4.69) is 14.7 Å². The van der Waals surface area contributed by atoms with E-state index >= 15 is 0 Å². The average molecular weight is 190 g/mol. The van der Waals surface area contributed by atoms with E-state index in [-0.39, 0.29) is 0 Å². The lowest BCUT2D eigenvalue weighted by Crippen LogP contribution is -2.09. The summed E-state index contributed by atoms with van der Waals surface area (Å²) < 4.78 is 4.58. The molecule has 0 saturated carbocycles. The lowest BCUT2D eigenvalue weighted by atomic mass is 10.1. The maximum Gasteiger partial charge on any atom is 0.356 e. The van der Waals surface area contributed by atoms with Crippen molar-refractivity contribution in [2.75, 3.05) is 13.7 Å². The summed E-state index contributed by atoms with van der Waals surface area (Å²) in [6.07, 6.45) is 4.38. The minimum Gasteiger partial charge on any atom is -0.464 e. The van der Waals surface area contributed by atoms with Gasteiger partial charge in [0.1, 0.15) is 5.69 Å². The van der Waals surface area contributed by atoms with Gasteiger partial charge in [0.05, 0.1) is 7.11 Å². The Bertz CT molecular complexity index is 399. The van der Waals surface area contributed by atoms with Gasteiger partial charge in [-0.05, 0) is 23.6 Å². The van der Waals surface area contributed by atoms with Crippen LogP contribution in [0.3, 0.4) is 0 Å². The largest absolute Gasteiger partial charge is 0.464 e. The second kappa shape index (κ2) is 3.57. The van der Waals surface area contributed by atoms with E-state index < -0.39 is 5.97 Å². The zero-order valence-corrected chi connectivity index (χ0v) is 7.86. The fraction of sp³-hybridized carbons (Fsp3) is 0.300. The van der Waals surface area contributed by atoms with Gasteiger partial charge < -0.3 is 4.74 Å². The van der Waals surface area contributed by atoms with Gasteiger partial charge >= 0.3 is 5.97 Å². The zero-order chi connectivity index (χ0) is 9.97. The molecule has 0 atom stereocenters. The fourth-order valence-corrected chi connectivity index (χ4v) is 1.39. The molecule has 1 aromatic heterocycles. The van der Waals surface area contributed by atoms with E-state index in [1.807, 2.05) is 0 Å². The number of methoxy groups -OCH3 is 1. The molecule has 0 fully saturated rings. The van der Waals surface area contributed by atoms with Crippen molar-refractivity contribution in [2.24, 2.45) is 4.99 Å². The van der Waals surface area contributed by atoms with Gasteiger partial charge in [0, 0.05) is 19.0 Å². The number of nitrogens with zero attached hydrogens (tertiary/aromatic N) is 2. The number of rotatable bonds is 1. The Balaban J connectivity index is 2.40. The summed E-state index contributed by atoms with van der Waals surface area (Å²) in [6.45, 7) is 0.798. The van der Waals surface area contributed by atoms with Crippen LogP contribution >= 0.6 is 0 Å². The minimum absolute atomic E-state index is 0.333. The number of carbonyl (C=O) groups is 1. The van der Waals surface area contributed by atoms with Gasteiger partial charge in [0.2, 0.25) is 0 Å². The zero-order valence-electron chi connectivity index (χ0n) is 7.86. The van der Waals surface area contributed by atoms with Crippen LogP contribution in [0.5, 0.6) is 0 Å². The van der Waals surface area contributed by atoms with E-state index in [1.165, 1.54) is 7.11 Å². The molecule has 0 amide bonds. The number of pyridine rings is 1. The van der Waals surface area contributed by atoms with Crippen molar-refractivity contribution >= 4 is 12.2 Å². The van der Waals surface area contributed by atoms with Crippen LogP contribution in [0.1, 0.15) is 21.6 Å². The quantitative estimate of drug-likeness (QED) is 0.617. The standard InChI is InChI=1S/C10H10N2O2/c1-14-10(13)9-4-8-5-11-3-2-7(8)6-12-9/h4-6H,2-3H2,1H3. The number of carbonyl (C=O) groups excluding carboxylic acids is 1. The second-order valence-corrected chi connectivity index (χ2v) is 3.05. The second-order valence-electron chi connectivity index (χ2n) is 3.05. The smallest absolute Gasteiger partial charge is 0.356 e. The molecule has 1 aromatic rings. The predicted octanol–water partition coefficient (Wildman–Crippen LogP) is 0.843. The molecule has 14 heavy (non-hydrogen) atoms. The van der Waals surface area contributed by atoms with Crippen LogP contribution in [0, 0.1) is 0 Å². The molecule has 0 spiro atoms. The predicted molar refractivity (Wildman–Crippen MR) is 51.7 cm³/mol. The molecule has 0 radical (unpaired) electrons. The highest BCUT2D eigenvalue weighted by Gasteiger charge is 2.11. The molecule has 0 aromatic carbocycles. The fourth-order valence-electron chi connectivity index (χ4n) is 1.39. The minimum atomic E-state index is -0.410. The highest BCUT2D eigenvalue weighted by atomic mass is 16.5. The summed E-state index contributed by atoms with van der Waals surface area (Å²) in [5, 5.41) is 0. The number of fused-ring (bicyclic) bond motifs is 1. The first-order valence-electron chi connectivity index (χ1n) is 4.38. The number of hydrogen-bond acceptors (Lipinski definition) is 4. The number of aliphatic imine (C=N–C) groups is 1. The third kappa shape index (κ3) is 1.51. The SMILES string of the molecule is COC(=O)c1cc2c(cn1)CCN=C2. The molecular formula is C10H10N2O2. The normalized spacial score (nSPS) is 13.5. The van der Waals surface area contributed by atoms with Crippen molar-refractivity contribution in [2.45, 2.75) is 6.42 Å². The summed E-state index contributed by atoms with van der Waals surface area (Å²) in [4.78, 5) is 19.3. The van der Waals surface area contributed by atoms with Crippen molar-refractivity contribution in [1.29, 1.82) is 0 Å². The summed E-state index contributed by atoms with van der Waals surface area (Å²) in [5.41, 5.74) is 2.43. The monoisotopic (exact) mass is 190 g/mol. The van der Waals surface area contributed by atoms with Gasteiger partial charge in [-0.15, -0.1) is 0 Å². The third-order valence-corrected chi connectivity index (χ3v) is 2.16. The summed E-state index contributed by atoms with van der Waals surface area (Å²) in [6, 6.07) is 1.71. The maximum absolute atomic E-state index is 11.2. The molecule has 0 unspecified atom stereocenters. The molecule has 4 nitrogen and oxygen atoms in total. The van der Waals surface area contributed by atoms with Crippen LogP contribution in [0.4, 0.5) is 0 Å². The van der Waals surface area contributed by atoms with Crippen LogP contribution in [-0.4, -0.2) is 30.8 Å². The van der Waals surface area contributed by atoms with Gasteiger partial charge in [0.15, 0.2) is 0 Å². The number of ether oxygens (including phenoxy) is 1. The van der Waals surface area contributed by atoms with Crippen LogP contribution in [0.15, 0.2) is 17.3 Å². The third-order valence-electron chi connectivity index (χ3n) is 2.16. The van der Waals surface area contributed by atoms with Gasteiger partial charge in [-0.3, -0.25) is 4.99 Å². The number of hydrogen-bond donors (Lipinski definition) is 0. The number of esters is 1. The summed E-state index contributed by atoms with van der Waals surface area (Å²) >= 11 is 0. The number of aromatic nitrogens is 1. The highest BCUT2D eigenvalue weighted by Crippen LogP contribution is 2.12. The Morgan fingerprint density at radius 1 is 1.57 bits per heavy atom. The molecule has 2 rings (SSSR count). The van der Waals surface area contributed by atoms with E-state index in [0.717, 1.165) is 24.1 Å². The first kappa shape index (κ1) is 8.87. The molecule has 0 aliphatic carbocycles. The maximum atomic E-state index is 11.2. The van der Waals surface area contributed by atoms with Crippen LogP contribution < -0.4 is 0 Å². The molecule has 4 heteroatoms. The molecule has 2 heterocycles. The Morgan fingerprint density at radius 2 is 2.43 bits per heavy atom. The summed E-state index contributed by atoms with van der Waals surface area (Å²) in [5.74, 6) is -0.410. The molecule has 0 saturated heterocycles. The van der Waals surface area contributed by atoms with Gasteiger partial charge in [-0.25, -0.2) is 9.78 Å². The van der Waals surface area contributed by atoms with Gasteiger partial charge in [-0.2, -0.15) is 0 Å². The molecule has 0 bridgehead atoms. The average Bonchev–Trinajstić information content (AvgIpc) is 2.27. The van der Waals surface area contributed by atoms with Crippen molar-refractivity contribution in [3.05, 3.63) is 29.1 Å². The van der Waals surface area contributed by atoms with Crippen LogP contribution in [0.25, 0.3) is 0 Å². The van der Waals surface area contributed by atoms with Crippen LogP contribution in [-0.2, 0) is 11.2 Å². The molecule has 1 aliphatic rings. The Kier molecular flexibility index (Phi) is 2.26. The Hall–Kier alpha value is -1.71. The highest BCUT2D eigenvalue weighted by molar-refractivity contribution is 5.91. The first-order valence-corrected chi connectivity index (χ1v) is 4.38. The van der Waals surface area contributed by atoms with E-state index in [1.54, 1.807) is 18.5 Å². The Morgan fingerprint density at radius 3 is 3.21 bits per heavy atom. The van der Waals surface area contributed by atoms with Crippen molar-refractivity contribution < 1.29 is 9.53 Å². The molecule has 1 aliphatic heterocycles. The molecular weight excluding hydrogens is 180 g/mol. The van der Waals surface area contributed by atoms with E-state index in [9.17, 15) is 4.79 Å².